The van der Waals surface area contributed by atoms with Crippen LogP contribution in [0.4, 0.5) is 13.2 Å². The van der Waals surface area contributed by atoms with Gasteiger partial charge in [-0.1, -0.05) is 0 Å². The van der Waals surface area contributed by atoms with E-state index in [9.17, 15) is 23.1 Å². The van der Waals surface area contributed by atoms with Crippen LogP contribution in [-0.2, 0) is 16.0 Å². The van der Waals surface area contributed by atoms with Crippen molar-refractivity contribution in [1.82, 2.24) is 4.98 Å². The number of aromatic nitrogens is 1. The highest BCUT2D eigenvalue weighted by Gasteiger charge is 2.35. The monoisotopic (exact) mass is 295 g/mol. The number of halogens is 3. The number of aromatic hydroxyl groups is 1. The molecule has 0 unspecified atom stereocenters. The first-order valence-electron chi connectivity index (χ1n) is 5.44. The lowest BCUT2D eigenvalue weighted by atomic mass is 10.1. The molecule has 0 aliphatic carbocycles. The van der Waals surface area contributed by atoms with E-state index in [2.05, 4.69) is 19.2 Å². The van der Waals surface area contributed by atoms with Gasteiger partial charge in [-0.3, -0.25) is 4.79 Å². The summed E-state index contributed by atoms with van der Waals surface area (Å²) >= 11 is 0. The fourth-order valence-corrected chi connectivity index (χ4v) is 1.40. The Balaban J connectivity index is 3.21. The number of carbonyl (C=O) groups excluding carboxylic acids is 1. The van der Waals surface area contributed by atoms with Crippen LogP contribution < -0.4 is 9.47 Å². The van der Waals surface area contributed by atoms with E-state index in [1.165, 1.54) is 6.92 Å². The van der Waals surface area contributed by atoms with Gasteiger partial charge in [-0.05, 0) is 6.92 Å². The van der Waals surface area contributed by atoms with Gasteiger partial charge in [-0.25, -0.2) is 4.98 Å². The summed E-state index contributed by atoms with van der Waals surface area (Å²) < 4.78 is 50.1. The summed E-state index contributed by atoms with van der Waals surface area (Å²) in [4.78, 5) is 14.8. The van der Waals surface area contributed by atoms with Crippen LogP contribution in [0.25, 0.3) is 0 Å². The average Bonchev–Trinajstić information content (AvgIpc) is 2.32. The lowest BCUT2D eigenvalue weighted by Gasteiger charge is -2.16. The molecule has 112 valence electrons. The minimum Gasteiger partial charge on any atom is -0.506 e. The van der Waals surface area contributed by atoms with Gasteiger partial charge in [0, 0.05) is 0 Å². The van der Waals surface area contributed by atoms with Crippen LogP contribution in [-0.4, -0.2) is 36.1 Å². The van der Waals surface area contributed by atoms with Gasteiger partial charge in [0.2, 0.25) is 0 Å². The molecule has 6 nitrogen and oxygen atoms in total. The number of hydrogen-bond donors (Lipinski definition) is 1. The van der Waals surface area contributed by atoms with Crippen LogP contribution in [0.3, 0.4) is 0 Å². The normalized spacial score (nSPS) is 11.1. The zero-order valence-corrected chi connectivity index (χ0v) is 10.7. The number of methoxy groups -OCH3 is 1. The quantitative estimate of drug-likeness (QED) is 0.835. The summed E-state index contributed by atoms with van der Waals surface area (Å²) in [5, 5.41) is 9.55. The topological polar surface area (TPSA) is 77.9 Å². The summed E-state index contributed by atoms with van der Waals surface area (Å²) in [6.45, 7) is 1.59. The molecule has 0 saturated carbocycles. The molecule has 1 N–H and O–H groups in total. The van der Waals surface area contributed by atoms with Gasteiger partial charge in [0.15, 0.2) is 5.75 Å². The largest absolute Gasteiger partial charge is 0.573 e. The molecule has 0 aromatic carbocycles. The maximum Gasteiger partial charge on any atom is 0.573 e. The molecule has 20 heavy (non-hydrogen) atoms. The molecule has 1 aromatic heterocycles. The van der Waals surface area contributed by atoms with Crippen molar-refractivity contribution in [2.24, 2.45) is 0 Å². The van der Waals surface area contributed by atoms with E-state index >= 15 is 0 Å². The highest BCUT2D eigenvalue weighted by molar-refractivity contribution is 5.75. The third-order valence-electron chi connectivity index (χ3n) is 2.12. The van der Waals surface area contributed by atoms with E-state index in [4.69, 9.17) is 0 Å². The molecular weight excluding hydrogens is 283 g/mol. The molecule has 0 saturated heterocycles. The molecular formula is C11H12F3NO5. The van der Waals surface area contributed by atoms with Crippen LogP contribution in [0.1, 0.15) is 12.5 Å². The van der Waals surface area contributed by atoms with Crippen molar-refractivity contribution < 1.29 is 37.3 Å². The summed E-state index contributed by atoms with van der Waals surface area (Å²) in [7, 11) is 1.08. The Bertz CT molecular complexity index is 490. The van der Waals surface area contributed by atoms with Crippen molar-refractivity contribution in [2.45, 2.75) is 19.7 Å². The summed E-state index contributed by atoms with van der Waals surface area (Å²) in [5.41, 5.74) is -0.410. The molecule has 1 rings (SSSR count). The summed E-state index contributed by atoms with van der Waals surface area (Å²) in [5.74, 6) is -2.81. The van der Waals surface area contributed by atoms with E-state index in [0.29, 0.717) is 0 Å². The molecule has 9 heteroatoms. The lowest BCUT2D eigenvalue weighted by molar-refractivity contribution is -0.275. The van der Waals surface area contributed by atoms with Crippen molar-refractivity contribution in [3.05, 3.63) is 11.8 Å². The van der Waals surface area contributed by atoms with Gasteiger partial charge in [-0.15, -0.1) is 13.2 Å². The first-order valence-corrected chi connectivity index (χ1v) is 5.44. The van der Waals surface area contributed by atoms with Gasteiger partial charge >= 0.3 is 12.3 Å². The molecule has 0 atom stereocenters. The van der Waals surface area contributed by atoms with Crippen LogP contribution in [0, 0.1) is 0 Å². The molecule has 1 aromatic rings. The second kappa shape index (κ2) is 6.31. The van der Waals surface area contributed by atoms with Crippen LogP contribution in [0.2, 0.25) is 0 Å². The van der Waals surface area contributed by atoms with E-state index in [1.807, 2.05) is 0 Å². The number of esters is 1. The maximum absolute atomic E-state index is 12.4. The highest BCUT2D eigenvalue weighted by Crippen LogP contribution is 2.38. The maximum atomic E-state index is 12.4. The Labute approximate surface area is 112 Å². The first kappa shape index (κ1) is 15.9. The van der Waals surface area contributed by atoms with Crippen molar-refractivity contribution in [3.8, 4) is 17.4 Å². The fraction of sp³-hybridized carbons (Fsp3) is 0.455. The van der Waals surface area contributed by atoms with Crippen LogP contribution in [0.5, 0.6) is 17.4 Å². The number of carbonyl (C=O) groups is 1. The predicted octanol–water partition coefficient (Wildman–Crippen LogP) is 1.80. The van der Waals surface area contributed by atoms with E-state index < -0.39 is 41.7 Å². The SMILES string of the molecule is CCOC(=O)Cc1c(O)cnc(OC)c1OC(F)(F)F. The Hall–Kier alpha value is -2.19. The van der Waals surface area contributed by atoms with Crippen molar-refractivity contribution in [1.29, 1.82) is 0 Å². The smallest absolute Gasteiger partial charge is 0.506 e. The second-order valence-electron chi connectivity index (χ2n) is 3.49. The molecule has 0 aliphatic rings. The van der Waals surface area contributed by atoms with Crippen LogP contribution in [0.15, 0.2) is 6.20 Å². The van der Waals surface area contributed by atoms with Gasteiger partial charge in [0.05, 0.1) is 31.9 Å². The lowest BCUT2D eigenvalue weighted by Crippen LogP contribution is -2.20. The van der Waals surface area contributed by atoms with Crippen molar-refractivity contribution >= 4 is 5.97 Å². The molecule has 0 fully saturated rings. The van der Waals surface area contributed by atoms with E-state index in [1.54, 1.807) is 0 Å². The minimum atomic E-state index is -5.02. The minimum absolute atomic E-state index is 0.0529. The molecule has 0 bridgehead atoms. The molecule has 0 aliphatic heterocycles. The number of hydrogen-bond acceptors (Lipinski definition) is 6. The Morgan fingerprint density at radius 1 is 1.45 bits per heavy atom. The number of ether oxygens (including phenoxy) is 3. The van der Waals surface area contributed by atoms with E-state index in [0.717, 1.165) is 13.3 Å². The van der Waals surface area contributed by atoms with Gasteiger partial charge < -0.3 is 19.3 Å². The standard InChI is InChI=1S/C11H12F3NO5/c1-3-19-8(17)4-6-7(16)5-15-10(18-2)9(6)20-11(12,13)14/h5,16H,3-4H2,1-2H3. The highest BCUT2D eigenvalue weighted by atomic mass is 19.4. The van der Waals surface area contributed by atoms with Gasteiger partial charge in [0.25, 0.3) is 5.88 Å². The number of alkyl halides is 3. The van der Waals surface area contributed by atoms with Crippen LogP contribution >= 0.6 is 0 Å². The Kier molecular flexibility index (Phi) is 5.00. The zero-order chi connectivity index (χ0) is 15.3. The second-order valence-corrected chi connectivity index (χ2v) is 3.49. The first-order chi connectivity index (χ1) is 9.28. The molecule has 0 amide bonds. The molecule has 1 heterocycles. The average molecular weight is 295 g/mol. The Morgan fingerprint density at radius 2 is 2.10 bits per heavy atom. The zero-order valence-electron chi connectivity index (χ0n) is 10.7. The van der Waals surface area contributed by atoms with Gasteiger partial charge in [0.1, 0.15) is 5.75 Å². The molecule has 0 spiro atoms. The third kappa shape index (κ3) is 4.18. The molecule has 0 radical (unpaired) electrons. The summed E-state index contributed by atoms with van der Waals surface area (Å²) in [6.07, 6.45) is -4.77. The van der Waals surface area contributed by atoms with Crippen molar-refractivity contribution in [2.75, 3.05) is 13.7 Å². The van der Waals surface area contributed by atoms with Crippen molar-refractivity contribution in [3.63, 3.8) is 0 Å². The summed E-state index contributed by atoms with van der Waals surface area (Å²) in [6, 6.07) is 0. The Morgan fingerprint density at radius 3 is 2.60 bits per heavy atom. The fourth-order valence-electron chi connectivity index (χ4n) is 1.40. The third-order valence-corrected chi connectivity index (χ3v) is 2.12. The van der Waals surface area contributed by atoms with Gasteiger partial charge in [-0.2, -0.15) is 0 Å². The number of pyridine rings is 1. The number of rotatable bonds is 5. The van der Waals surface area contributed by atoms with E-state index in [-0.39, 0.29) is 6.61 Å². The number of nitrogens with zero attached hydrogens (tertiary/aromatic N) is 1. The predicted molar refractivity (Wildman–Crippen MR) is 59.5 cm³/mol.